The Labute approximate surface area is 199 Å². The van der Waals surface area contributed by atoms with Gasteiger partial charge in [0.25, 0.3) is 0 Å². The van der Waals surface area contributed by atoms with Gasteiger partial charge >= 0.3 is 5.97 Å². The van der Waals surface area contributed by atoms with Crippen molar-refractivity contribution in [1.82, 2.24) is 5.32 Å². The minimum absolute atomic E-state index is 0.0990. The molecule has 0 aliphatic carbocycles. The second-order valence-corrected chi connectivity index (χ2v) is 9.45. The van der Waals surface area contributed by atoms with Crippen LogP contribution < -0.4 is 14.8 Å². The number of thioether (sulfide) groups is 1. The molecule has 0 aliphatic rings. The Balaban J connectivity index is 2.01. The Morgan fingerprint density at radius 1 is 1.03 bits per heavy atom. The van der Waals surface area contributed by atoms with Crippen LogP contribution in [0.1, 0.15) is 49.7 Å². The number of Topliss-reactive ketones (excluding diaryl/α,β-unsaturated/α-hetero) is 1. The molecule has 8 heteroatoms. The predicted octanol–water partition coefficient (Wildman–Crippen LogP) is 4.45. The summed E-state index contributed by atoms with van der Waals surface area (Å²) in [6.45, 7) is 6.88. The van der Waals surface area contributed by atoms with Gasteiger partial charge in [-0.25, -0.2) is 4.79 Å². The first kappa shape index (κ1) is 26.3. The van der Waals surface area contributed by atoms with Crippen LogP contribution in [0.15, 0.2) is 47.4 Å². The van der Waals surface area contributed by atoms with E-state index in [1.807, 2.05) is 13.0 Å². The molecule has 0 fully saturated rings. The Kier molecular flexibility index (Phi) is 9.34. The lowest BCUT2D eigenvalue weighted by atomic mass is 9.91. The van der Waals surface area contributed by atoms with E-state index in [-0.39, 0.29) is 30.1 Å². The van der Waals surface area contributed by atoms with Crippen molar-refractivity contribution in [3.05, 3.63) is 53.6 Å². The second-order valence-electron chi connectivity index (χ2n) is 8.43. The van der Waals surface area contributed by atoms with Gasteiger partial charge in [-0.2, -0.15) is 0 Å². The molecule has 0 unspecified atom stereocenters. The molecule has 0 aromatic heterocycles. The van der Waals surface area contributed by atoms with Crippen molar-refractivity contribution < 1.29 is 28.6 Å². The van der Waals surface area contributed by atoms with Crippen LogP contribution in [0.2, 0.25) is 0 Å². The number of carbonyl (C=O) groups is 3. The fraction of sp³-hybridized carbons (Fsp3) is 0.400. The molecule has 178 valence electrons. The molecule has 2 aromatic carbocycles. The van der Waals surface area contributed by atoms with Crippen molar-refractivity contribution >= 4 is 29.4 Å². The molecule has 2 aromatic rings. The molecule has 0 radical (unpaired) electrons. The summed E-state index contributed by atoms with van der Waals surface area (Å²) in [7, 11) is 3.15. The normalized spacial score (nSPS) is 11.9. The van der Waals surface area contributed by atoms with Crippen molar-refractivity contribution in [2.75, 3.05) is 26.6 Å². The number of nitrogens with one attached hydrogen (secondary N) is 1. The van der Waals surface area contributed by atoms with E-state index in [4.69, 9.17) is 14.2 Å². The van der Waals surface area contributed by atoms with E-state index in [1.54, 1.807) is 71.4 Å². The van der Waals surface area contributed by atoms with Crippen molar-refractivity contribution in [2.24, 2.45) is 5.41 Å². The number of methoxy groups -OCH3 is 2. The molecule has 0 saturated heterocycles. The van der Waals surface area contributed by atoms with Gasteiger partial charge in [-0.05, 0) is 37.3 Å². The van der Waals surface area contributed by atoms with Gasteiger partial charge in [0.15, 0.2) is 12.4 Å². The van der Waals surface area contributed by atoms with E-state index >= 15 is 0 Å². The van der Waals surface area contributed by atoms with E-state index in [2.05, 4.69) is 5.32 Å². The molecule has 0 spiro atoms. The van der Waals surface area contributed by atoms with Crippen LogP contribution in [0.5, 0.6) is 11.5 Å². The van der Waals surface area contributed by atoms with Crippen LogP contribution in [0, 0.1) is 5.41 Å². The quantitative estimate of drug-likeness (QED) is 0.403. The minimum Gasteiger partial charge on any atom is -0.497 e. The Morgan fingerprint density at radius 2 is 1.73 bits per heavy atom. The first-order valence-electron chi connectivity index (χ1n) is 10.5. The van der Waals surface area contributed by atoms with E-state index in [9.17, 15) is 14.4 Å². The molecular weight excluding hydrogens is 442 g/mol. The van der Waals surface area contributed by atoms with Gasteiger partial charge in [-0.15, -0.1) is 11.8 Å². The van der Waals surface area contributed by atoms with Gasteiger partial charge in [0.05, 0.1) is 31.6 Å². The SMILES string of the molecule is COc1ccc(OC)c([C@@H](C)NC(=O)CSc2ccccc2C(=O)OCC(=O)C(C)(C)C)c1. The summed E-state index contributed by atoms with van der Waals surface area (Å²) in [5, 5.41) is 2.94. The summed E-state index contributed by atoms with van der Waals surface area (Å²) >= 11 is 1.22. The summed E-state index contributed by atoms with van der Waals surface area (Å²) in [6.07, 6.45) is 0. The van der Waals surface area contributed by atoms with E-state index in [0.29, 0.717) is 22.0 Å². The monoisotopic (exact) mass is 473 g/mol. The van der Waals surface area contributed by atoms with E-state index in [0.717, 1.165) is 5.56 Å². The number of benzene rings is 2. The van der Waals surface area contributed by atoms with Crippen molar-refractivity contribution in [3.63, 3.8) is 0 Å². The van der Waals surface area contributed by atoms with Gasteiger partial charge < -0.3 is 19.5 Å². The maximum Gasteiger partial charge on any atom is 0.339 e. The maximum absolute atomic E-state index is 12.6. The Hall–Kier alpha value is -3.00. The number of hydrogen-bond acceptors (Lipinski definition) is 7. The van der Waals surface area contributed by atoms with Crippen LogP contribution in [0.3, 0.4) is 0 Å². The molecule has 0 bridgehead atoms. The number of ketones is 1. The van der Waals surface area contributed by atoms with Gasteiger partial charge in [0.1, 0.15) is 11.5 Å². The standard InChI is InChI=1S/C25H31NO6S/c1-16(19-13-17(30-5)11-12-20(19)31-6)26-23(28)15-33-21-10-8-7-9-18(21)24(29)32-14-22(27)25(2,3)4/h7-13,16H,14-15H2,1-6H3,(H,26,28)/t16-/m1/s1. The van der Waals surface area contributed by atoms with Gasteiger partial charge in [-0.1, -0.05) is 32.9 Å². The average Bonchev–Trinajstić information content (AvgIpc) is 2.79. The predicted molar refractivity (Wildman–Crippen MR) is 128 cm³/mol. The third-order valence-electron chi connectivity index (χ3n) is 4.92. The number of hydrogen-bond donors (Lipinski definition) is 1. The van der Waals surface area contributed by atoms with Crippen molar-refractivity contribution in [3.8, 4) is 11.5 Å². The van der Waals surface area contributed by atoms with E-state index < -0.39 is 11.4 Å². The molecule has 33 heavy (non-hydrogen) atoms. The van der Waals surface area contributed by atoms with Crippen LogP contribution >= 0.6 is 11.8 Å². The van der Waals surface area contributed by atoms with Crippen molar-refractivity contribution in [2.45, 2.75) is 38.6 Å². The average molecular weight is 474 g/mol. The molecule has 0 heterocycles. The summed E-state index contributed by atoms with van der Waals surface area (Å²) in [6, 6.07) is 11.9. The molecule has 2 rings (SSSR count). The minimum atomic E-state index is -0.592. The number of esters is 1. The lowest BCUT2D eigenvalue weighted by Gasteiger charge is -2.18. The number of ether oxygens (including phenoxy) is 3. The lowest BCUT2D eigenvalue weighted by Crippen LogP contribution is -2.28. The Bertz CT molecular complexity index is 999. The molecule has 1 atom stereocenters. The zero-order valence-electron chi connectivity index (χ0n) is 19.9. The zero-order chi connectivity index (χ0) is 24.6. The molecule has 7 nitrogen and oxygen atoms in total. The second kappa shape index (κ2) is 11.7. The van der Waals surface area contributed by atoms with Crippen LogP contribution in [-0.4, -0.2) is 44.2 Å². The third-order valence-corrected chi connectivity index (χ3v) is 5.99. The fourth-order valence-corrected chi connectivity index (χ4v) is 3.72. The maximum atomic E-state index is 12.6. The third kappa shape index (κ3) is 7.53. The largest absolute Gasteiger partial charge is 0.497 e. The highest BCUT2D eigenvalue weighted by atomic mass is 32.2. The smallest absolute Gasteiger partial charge is 0.339 e. The summed E-state index contributed by atoms with van der Waals surface area (Å²) < 4.78 is 15.9. The molecule has 1 amide bonds. The van der Waals surface area contributed by atoms with E-state index in [1.165, 1.54) is 11.8 Å². The van der Waals surface area contributed by atoms with Crippen LogP contribution in [0.25, 0.3) is 0 Å². The molecule has 0 saturated carbocycles. The van der Waals surface area contributed by atoms with Crippen LogP contribution in [0.4, 0.5) is 0 Å². The van der Waals surface area contributed by atoms with Gasteiger partial charge in [0, 0.05) is 15.9 Å². The van der Waals surface area contributed by atoms with Crippen molar-refractivity contribution in [1.29, 1.82) is 0 Å². The fourth-order valence-electron chi connectivity index (χ4n) is 2.87. The number of carbonyl (C=O) groups excluding carboxylic acids is 3. The first-order valence-corrected chi connectivity index (χ1v) is 11.5. The summed E-state index contributed by atoms with van der Waals surface area (Å²) in [4.78, 5) is 37.8. The highest BCUT2D eigenvalue weighted by Crippen LogP contribution is 2.30. The number of amides is 1. The molecule has 1 N–H and O–H groups in total. The topological polar surface area (TPSA) is 90.9 Å². The summed E-state index contributed by atoms with van der Waals surface area (Å²) in [5.74, 6) is 0.450. The number of rotatable bonds is 10. The lowest BCUT2D eigenvalue weighted by molar-refractivity contribution is -0.129. The molecule has 0 aliphatic heterocycles. The Morgan fingerprint density at radius 3 is 2.36 bits per heavy atom. The van der Waals surface area contributed by atoms with Gasteiger partial charge in [-0.3, -0.25) is 9.59 Å². The zero-order valence-corrected chi connectivity index (χ0v) is 20.7. The van der Waals surface area contributed by atoms with Gasteiger partial charge in [0.2, 0.25) is 5.91 Å². The van der Waals surface area contributed by atoms with Crippen LogP contribution in [-0.2, 0) is 14.3 Å². The summed E-state index contributed by atoms with van der Waals surface area (Å²) in [5.41, 5.74) is 0.525. The highest BCUT2D eigenvalue weighted by molar-refractivity contribution is 8.00. The highest BCUT2D eigenvalue weighted by Gasteiger charge is 2.23. The molecular formula is C25H31NO6S. The first-order chi connectivity index (χ1) is 15.6.